The van der Waals surface area contributed by atoms with Crippen LogP contribution in [-0.4, -0.2) is 48.1 Å². The van der Waals surface area contributed by atoms with Gasteiger partial charge in [0.15, 0.2) is 17.2 Å². The van der Waals surface area contributed by atoms with Crippen LogP contribution < -0.4 is 15.5 Å². The molecule has 0 spiro atoms. The Balaban J connectivity index is 1.86. The Kier molecular flexibility index (Phi) is 4.70. The number of nitriles is 3. The van der Waals surface area contributed by atoms with Crippen molar-refractivity contribution < 1.29 is 0 Å². The largest absolute Gasteiger partial charge is 0.352 e. The number of benzene rings is 1. The number of likely N-dealkylation sites (N-methyl/N-ethyl adjacent to an activating group) is 1. The molecule has 9 nitrogen and oxygen atoms in total. The third kappa shape index (κ3) is 3.29. The first-order valence-electron chi connectivity index (χ1n) is 9.08. The summed E-state index contributed by atoms with van der Waals surface area (Å²) in [5.74, 6) is 0.921. The number of aromatic nitrogens is 2. The Labute approximate surface area is 168 Å². The highest BCUT2D eigenvalue weighted by Crippen LogP contribution is 2.35. The van der Waals surface area contributed by atoms with Crippen molar-refractivity contribution in [3.8, 4) is 18.2 Å². The fourth-order valence-corrected chi connectivity index (χ4v) is 3.34. The molecular formula is C20H17N9. The number of rotatable bonds is 2. The molecule has 3 heterocycles. The summed E-state index contributed by atoms with van der Waals surface area (Å²) in [5, 5.41) is 35.1. The number of fused-ring (bicyclic) bond motifs is 1. The molecule has 142 valence electrons. The Hall–Kier alpha value is -4.13. The van der Waals surface area contributed by atoms with E-state index in [0.29, 0.717) is 24.7 Å². The van der Waals surface area contributed by atoms with Gasteiger partial charge < -0.3 is 20.4 Å². The van der Waals surface area contributed by atoms with Gasteiger partial charge in [0, 0.05) is 26.2 Å². The van der Waals surface area contributed by atoms with Crippen LogP contribution in [0.25, 0.3) is 5.57 Å². The third-order valence-electron chi connectivity index (χ3n) is 4.94. The lowest BCUT2D eigenvalue weighted by atomic mass is 10.1. The number of anilines is 3. The van der Waals surface area contributed by atoms with Crippen molar-refractivity contribution in [2.45, 2.75) is 0 Å². The highest BCUT2D eigenvalue weighted by molar-refractivity contribution is 5.92. The van der Waals surface area contributed by atoms with Crippen LogP contribution in [0, 0.1) is 34.0 Å². The maximum Gasteiger partial charge on any atom is 0.179 e. The van der Waals surface area contributed by atoms with E-state index in [2.05, 4.69) is 31.6 Å². The molecule has 0 atom stereocenters. The van der Waals surface area contributed by atoms with Crippen molar-refractivity contribution in [1.29, 1.82) is 15.8 Å². The van der Waals surface area contributed by atoms with Crippen LogP contribution in [0.4, 0.5) is 17.2 Å². The van der Waals surface area contributed by atoms with Crippen molar-refractivity contribution in [1.82, 2.24) is 14.9 Å². The van der Waals surface area contributed by atoms with Crippen LogP contribution in [-0.2, 0) is 0 Å². The van der Waals surface area contributed by atoms with Gasteiger partial charge in [-0.05, 0) is 19.2 Å². The van der Waals surface area contributed by atoms with Crippen LogP contribution in [0.3, 0.4) is 0 Å². The molecule has 9 heteroatoms. The van der Waals surface area contributed by atoms with Gasteiger partial charge in [0.25, 0.3) is 0 Å². The summed E-state index contributed by atoms with van der Waals surface area (Å²) < 4.78 is 0. The molecule has 2 aromatic rings. The van der Waals surface area contributed by atoms with Gasteiger partial charge in [-0.3, -0.25) is 0 Å². The molecule has 0 bridgehead atoms. The van der Waals surface area contributed by atoms with Gasteiger partial charge in [-0.25, -0.2) is 9.97 Å². The molecule has 2 N–H and O–H groups in total. The number of hydrogen-bond acceptors (Lipinski definition) is 9. The topological polar surface area (TPSA) is 128 Å². The molecule has 0 unspecified atom stereocenters. The second-order valence-electron chi connectivity index (χ2n) is 6.76. The van der Waals surface area contributed by atoms with Gasteiger partial charge in [-0.15, -0.1) is 0 Å². The van der Waals surface area contributed by atoms with Crippen molar-refractivity contribution in [2.24, 2.45) is 0 Å². The molecular weight excluding hydrogens is 366 g/mol. The first kappa shape index (κ1) is 18.2. The molecule has 0 radical (unpaired) electrons. The molecule has 1 aromatic carbocycles. The Morgan fingerprint density at radius 2 is 1.52 bits per heavy atom. The molecule has 4 rings (SSSR count). The number of para-hydroxylation sites is 2. The molecule has 29 heavy (non-hydrogen) atoms. The average Bonchev–Trinajstić information content (AvgIpc) is 3.18. The van der Waals surface area contributed by atoms with Gasteiger partial charge in [-0.1, -0.05) is 12.1 Å². The van der Waals surface area contributed by atoms with Crippen molar-refractivity contribution in [3.05, 3.63) is 47.2 Å². The monoisotopic (exact) mass is 383 g/mol. The van der Waals surface area contributed by atoms with E-state index in [4.69, 9.17) is 0 Å². The lowest BCUT2D eigenvalue weighted by molar-refractivity contribution is 0.312. The number of hydrogen-bond donors (Lipinski definition) is 2. The van der Waals surface area contributed by atoms with E-state index in [1.165, 1.54) is 0 Å². The zero-order chi connectivity index (χ0) is 20.4. The van der Waals surface area contributed by atoms with Crippen LogP contribution >= 0.6 is 0 Å². The summed E-state index contributed by atoms with van der Waals surface area (Å²) in [7, 11) is 2.04. The molecule has 1 fully saturated rings. The van der Waals surface area contributed by atoms with Crippen LogP contribution in [0.15, 0.2) is 30.1 Å². The summed E-state index contributed by atoms with van der Waals surface area (Å²) >= 11 is 0. The fraction of sp³-hybridized carbons (Fsp3) is 0.250. The minimum Gasteiger partial charge on any atom is -0.352 e. The molecule has 0 aliphatic carbocycles. The van der Waals surface area contributed by atoms with Crippen molar-refractivity contribution in [2.75, 3.05) is 48.8 Å². The van der Waals surface area contributed by atoms with E-state index in [1.54, 1.807) is 0 Å². The second-order valence-corrected chi connectivity index (χ2v) is 6.76. The maximum absolute atomic E-state index is 9.94. The number of nitrogens with zero attached hydrogens (tertiary/aromatic N) is 7. The number of nitrogens with one attached hydrogen (secondary N) is 2. The number of allylic oxidation sites excluding steroid dienone is 1. The predicted octanol–water partition coefficient (Wildman–Crippen LogP) is 1.70. The standard InChI is InChI=1S/C20H17N9/c1-28-6-8-29(9-7-28)20-18(24-16(11-22)17(12-23)27-20)13(10-21)19-25-14-4-2-3-5-15(14)26-19/h2-5,25-26H,6-9H2,1H3. The molecule has 1 saturated heterocycles. The van der Waals surface area contributed by atoms with Crippen LogP contribution in [0.1, 0.15) is 17.1 Å². The van der Waals surface area contributed by atoms with E-state index in [-0.39, 0.29) is 22.7 Å². The first-order valence-corrected chi connectivity index (χ1v) is 9.08. The van der Waals surface area contributed by atoms with Gasteiger partial charge in [0.05, 0.1) is 11.4 Å². The lowest BCUT2D eigenvalue weighted by Crippen LogP contribution is -2.45. The summed E-state index contributed by atoms with van der Waals surface area (Å²) in [5.41, 5.74) is 2.09. The van der Waals surface area contributed by atoms with Crippen molar-refractivity contribution >= 4 is 22.8 Å². The van der Waals surface area contributed by atoms with Gasteiger partial charge in [0.1, 0.15) is 35.3 Å². The van der Waals surface area contributed by atoms with Gasteiger partial charge in [-0.2, -0.15) is 15.8 Å². The van der Waals surface area contributed by atoms with Gasteiger partial charge >= 0.3 is 0 Å². The molecule has 1 aromatic heterocycles. The van der Waals surface area contributed by atoms with Crippen LogP contribution in [0.2, 0.25) is 0 Å². The summed E-state index contributed by atoms with van der Waals surface area (Å²) in [6.07, 6.45) is 0. The second kappa shape index (κ2) is 7.47. The van der Waals surface area contributed by atoms with E-state index in [0.717, 1.165) is 24.5 Å². The van der Waals surface area contributed by atoms with E-state index in [9.17, 15) is 15.8 Å². The molecule has 2 aliphatic heterocycles. The highest BCUT2D eigenvalue weighted by Gasteiger charge is 2.27. The quantitative estimate of drug-likeness (QED) is 0.745. The van der Waals surface area contributed by atoms with Crippen molar-refractivity contribution in [3.63, 3.8) is 0 Å². The molecule has 0 saturated carbocycles. The molecule has 0 amide bonds. The summed E-state index contributed by atoms with van der Waals surface area (Å²) in [6.45, 7) is 3.01. The maximum atomic E-state index is 9.94. The Morgan fingerprint density at radius 3 is 2.07 bits per heavy atom. The number of piperazine rings is 1. The first-order chi connectivity index (χ1) is 14.1. The Morgan fingerprint density at radius 1 is 0.931 bits per heavy atom. The third-order valence-corrected chi connectivity index (χ3v) is 4.94. The van der Waals surface area contributed by atoms with Gasteiger partial charge in [0.2, 0.25) is 0 Å². The smallest absolute Gasteiger partial charge is 0.179 e. The average molecular weight is 383 g/mol. The molecule has 2 aliphatic rings. The van der Waals surface area contributed by atoms with E-state index >= 15 is 0 Å². The Bertz CT molecular complexity index is 1100. The highest BCUT2D eigenvalue weighted by atomic mass is 15.3. The van der Waals surface area contributed by atoms with Crippen LogP contribution in [0.5, 0.6) is 0 Å². The normalized spacial score (nSPS) is 15.4. The fourth-order valence-electron chi connectivity index (χ4n) is 3.34. The SMILES string of the molecule is CN1CCN(c2nc(C#N)c(C#N)nc2C(C#N)=C2Nc3ccccc3N2)CC1. The predicted molar refractivity (Wildman–Crippen MR) is 107 cm³/mol. The minimum absolute atomic E-state index is 0.0388. The zero-order valence-corrected chi connectivity index (χ0v) is 15.8. The minimum atomic E-state index is -0.0933. The van der Waals surface area contributed by atoms with E-state index in [1.807, 2.05) is 48.4 Å². The lowest BCUT2D eigenvalue weighted by Gasteiger charge is -2.34. The summed E-state index contributed by atoms with van der Waals surface area (Å²) in [6, 6.07) is 13.6. The van der Waals surface area contributed by atoms with E-state index < -0.39 is 0 Å². The zero-order valence-electron chi connectivity index (χ0n) is 15.8. The summed E-state index contributed by atoms with van der Waals surface area (Å²) in [4.78, 5) is 13.0.